The van der Waals surface area contributed by atoms with Crippen molar-refractivity contribution in [3.8, 4) is 5.75 Å². The Morgan fingerprint density at radius 3 is 2.19 bits per heavy atom. The van der Waals surface area contributed by atoms with Gasteiger partial charge in [0.2, 0.25) is 0 Å². The highest BCUT2D eigenvalue weighted by atomic mass is 31.2. The standard InChI is InChI=1S/C18H21F3NO4P/c1-3-22(27(23,24)25-2)13-17(14-7-5-4-6-8-14)26-16-11-9-15(10-12-16)18(19,20)21/h4-12,17H,3,13H2,1-2H3,(H,23,24). The van der Waals surface area contributed by atoms with Gasteiger partial charge in [0.05, 0.1) is 12.1 Å². The Morgan fingerprint density at radius 2 is 1.70 bits per heavy atom. The van der Waals surface area contributed by atoms with Gasteiger partial charge >= 0.3 is 13.9 Å². The summed E-state index contributed by atoms with van der Waals surface area (Å²) in [6.45, 7) is 1.94. The fourth-order valence-electron chi connectivity index (χ4n) is 2.48. The van der Waals surface area contributed by atoms with Crippen LogP contribution in [-0.4, -0.2) is 29.8 Å². The minimum atomic E-state index is -4.43. The summed E-state index contributed by atoms with van der Waals surface area (Å²) in [4.78, 5) is 9.95. The molecule has 27 heavy (non-hydrogen) atoms. The van der Waals surface area contributed by atoms with Crippen molar-refractivity contribution in [2.24, 2.45) is 0 Å². The van der Waals surface area contributed by atoms with Crippen molar-refractivity contribution in [2.45, 2.75) is 19.2 Å². The first kappa shape index (κ1) is 21.4. The number of likely N-dealkylation sites (N-methyl/N-ethyl adjacent to an activating group) is 1. The van der Waals surface area contributed by atoms with Crippen LogP contribution < -0.4 is 4.74 Å². The van der Waals surface area contributed by atoms with Crippen LogP contribution in [0.3, 0.4) is 0 Å². The van der Waals surface area contributed by atoms with Crippen molar-refractivity contribution in [3.63, 3.8) is 0 Å². The van der Waals surface area contributed by atoms with Crippen LogP contribution in [0, 0.1) is 0 Å². The van der Waals surface area contributed by atoms with E-state index in [1.54, 1.807) is 31.2 Å². The largest absolute Gasteiger partial charge is 0.484 e. The lowest BCUT2D eigenvalue weighted by atomic mass is 10.1. The van der Waals surface area contributed by atoms with Crippen molar-refractivity contribution in [1.29, 1.82) is 0 Å². The molecule has 0 aliphatic rings. The van der Waals surface area contributed by atoms with Crippen LogP contribution in [0.5, 0.6) is 5.75 Å². The smallest absolute Gasteiger partial charge is 0.416 e. The normalized spacial score (nSPS) is 15.4. The predicted molar refractivity (Wildman–Crippen MR) is 95.3 cm³/mol. The Bertz CT molecular complexity index is 768. The van der Waals surface area contributed by atoms with E-state index < -0.39 is 25.6 Å². The predicted octanol–water partition coefficient (Wildman–Crippen LogP) is 4.89. The number of alkyl halides is 3. The van der Waals surface area contributed by atoms with Gasteiger partial charge in [-0.3, -0.25) is 0 Å². The van der Waals surface area contributed by atoms with E-state index in [4.69, 9.17) is 4.74 Å². The Balaban J connectivity index is 2.27. The molecule has 0 bridgehead atoms. The molecule has 2 rings (SSSR count). The van der Waals surface area contributed by atoms with E-state index in [1.165, 1.54) is 16.8 Å². The average molecular weight is 403 g/mol. The molecule has 0 spiro atoms. The van der Waals surface area contributed by atoms with Gasteiger partial charge in [0.25, 0.3) is 0 Å². The molecule has 0 aliphatic heterocycles. The van der Waals surface area contributed by atoms with E-state index in [0.29, 0.717) is 5.56 Å². The summed E-state index contributed by atoms with van der Waals surface area (Å²) in [6.07, 6.45) is -5.11. The second-order valence-electron chi connectivity index (χ2n) is 5.72. The quantitative estimate of drug-likeness (QED) is 0.636. The van der Waals surface area contributed by atoms with Gasteiger partial charge in [-0.25, -0.2) is 9.24 Å². The Morgan fingerprint density at radius 1 is 1.11 bits per heavy atom. The first-order chi connectivity index (χ1) is 12.7. The topological polar surface area (TPSA) is 59.0 Å². The van der Waals surface area contributed by atoms with Crippen LogP contribution in [0.1, 0.15) is 24.2 Å². The molecular formula is C18H21F3NO4P. The third-order valence-electron chi connectivity index (χ3n) is 3.97. The van der Waals surface area contributed by atoms with Crippen LogP contribution >= 0.6 is 7.75 Å². The van der Waals surface area contributed by atoms with Gasteiger partial charge in [0.1, 0.15) is 11.9 Å². The number of hydrogen-bond donors (Lipinski definition) is 1. The lowest BCUT2D eigenvalue weighted by molar-refractivity contribution is -0.137. The maximum absolute atomic E-state index is 12.7. The van der Waals surface area contributed by atoms with Crippen LogP contribution in [0.15, 0.2) is 54.6 Å². The third kappa shape index (κ3) is 5.81. The van der Waals surface area contributed by atoms with E-state index in [0.717, 1.165) is 19.2 Å². The lowest BCUT2D eigenvalue weighted by Crippen LogP contribution is -2.29. The summed E-state index contributed by atoms with van der Waals surface area (Å²) < 4.78 is 62.1. The summed E-state index contributed by atoms with van der Waals surface area (Å²) in [7, 11) is -2.85. The molecule has 2 aromatic rings. The molecule has 2 unspecified atom stereocenters. The van der Waals surface area contributed by atoms with E-state index in [-0.39, 0.29) is 18.8 Å². The van der Waals surface area contributed by atoms with Gasteiger partial charge < -0.3 is 14.2 Å². The van der Waals surface area contributed by atoms with Crippen LogP contribution in [-0.2, 0) is 15.3 Å². The number of benzene rings is 2. The van der Waals surface area contributed by atoms with Gasteiger partial charge in [-0.1, -0.05) is 37.3 Å². The first-order valence-electron chi connectivity index (χ1n) is 8.20. The molecule has 0 radical (unpaired) electrons. The van der Waals surface area contributed by atoms with E-state index >= 15 is 0 Å². The molecule has 0 aromatic heterocycles. The Labute approximate surface area is 155 Å². The third-order valence-corrected chi connectivity index (χ3v) is 5.60. The number of hydrogen-bond acceptors (Lipinski definition) is 3. The molecule has 0 aliphatic carbocycles. The lowest BCUT2D eigenvalue weighted by Gasteiger charge is -2.29. The summed E-state index contributed by atoms with van der Waals surface area (Å²) in [5.41, 5.74) is -0.0625. The summed E-state index contributed by atoms with van der Waals surface area (Å²) in [6, 6.07) is 13.2. The van der Waals surface area contributed by atoms with Crippen molar-refractivity contribution in [1.82, 2.24) is 4.67 Å². The molecule has 0 saturated heterocycles. The zero-order chi connectivity index (χ0) is 20.1. The first-order valence-corrected chi connectivity index (χ1v) is 9.73. The van der Waals surface area contributed by atoms with Crippen molar-refractivity contribution in [2.75, 3.05) is 20.2 Å². The van der Waals surface area contributed by atoms with Gasteiger partial charge in [0, 0.05) is 13.7 Å². The number of ether oxygens (including phenoxy) is 1. The van der Waals surface area contributed by atoms with Crippen molar-refractivity contribution < 1.29 is 31.9 Å². The molecule has 0 heterocycles. The molecule has 9 heteroatoms. The fraction of sp³-hybridized carbons (Fsp3) is 0.333. The molecule has 0 amide bonds. The maximum atomic E-state index is 12.7. The van der Waals surface area contributed by atoms with Crippen LogP contribution in [0.4, 0.5) is 13.2 Å². The molecule has 0 saturated carbocycles. The molecular weight excluding hydrogens is 382 g/mol. The fourth-order valence-corrected chi connectivity index (χ4v) is 3.43. The second-order valence-corrected chi connectivity index (χ2v) is 7.63. The average Bonchev–Trinajstić information content (AvgIpc) is 2.65. The van der Waals surface area contributed by atoms with E-state index in [9.17, 15) is 22.6 Å². The summed E-state index contributed by atoms with van der Waals surface area (Å²) in [5.74, 6) is 0.220. The van der Waals surface area contributed by atoms with Crippen molar-refractivity contribution in [3.05, 3.63) is 65.7 Å². The molecule has 148 valence electrons. The SMILES string of the molecule is CCN(CC(Oc1ccc(C(F)(F)F)cc1)c1ccccc1)P(=O)(O)OC. The van der Waals surface area contributed by atoms with Crippen LogP contribution in [0.25, 0.3) is 0 Å². The van der Waals surface area contributed by atoms with E-state index in [2.05, 4.69) is 4.52 Å². The molecule has 5 nitrogen and oxygen atoms in total. The highest BCUT2D eigenvalue weighted by Crippen LogP contribution is 2.46. The highest BCUT2D eigenvalue weighted by Gasteiger charge is 2.32. The maximum Gasteiger partial charge on any atom is 0.416 e. The number of rotatable bonds is 8. The minimum Gasteiger partial charge on any atom is -0.484 e. The summed E-state index contributed by atoms with van der Waals surface area (Å²) in [5, 5.41) is 0. The number of nitrogens with zero attached hydrogens (tertiary/aromatic N) is 1. The molecule has 0 fully saturated rings. The molecule has 2 atom stereocenters. The molecule has 2 aromatic carbocycles. The monoisotopic (exact) mass is 403 g/mol. The van der Waals surface area contributed by atoms with Crippen molar-refractivity contribution >= 4 is 7.75 Å². The van der Waals surface area contributed by atoms with Gasteiger partial charge in [-0.05, 0) is 29.8 Å². The van der Waals surface area contributed by atoms with Gasteiger partial charge in [-0.15, -0.1) is 0 Å². The summed E-state index contributed by atoms with van der Waals surface area (Å²) >= 11 is 0. The van der Waals surface area contributed by atoms with E-state index in [1.807, 2.05) is 6.07 Å². The zero-order valence-corrected chi connectivity index (χ0v) is 15.8. The second kappa shape index (κ2) is 8.89. The Hall–Kier alpha value is -1.86. The minimum absolute atomic E-state index is 0.0170. The van der Waals surface area contributed by atoms with Gasteiger partial charge in [-0.2, -0.15) is 13.2 Å². The Kier molecular flexibility index (Phi) is 7.06. The van der Waals surface area contributed by atoms with Gasteiger partial charge in [0.15, 0.2) is 0 Å². The molecule has 1 N–H and O–H groups in total. The number of halogens is 3. The highest BCUT2D eigenvalue weighted by molar-refractivity contribution is 7.50. The van der Waals surface area contributed by atoms with Crippen LogP contribution in [0.2, 0.25) is 0 Å². The zero-order valence-electron chi connectivity index (χ0n) is 14.9.